The van der Waals surface area contributed by atoms with E-state index in [1.54, 1.807) is 0 Å². The van der Waals surface area contributed by atoms with Crippen molar-refractivity contribution < 1.29 is 5.21 Å². The van der Waals surface area contributed by atoms with Crippen LogP contribution in [-0.2, 0) is 7.05 Å². The summed E-state index contributed by atoms with van der Waals surface area (Å²) in [6.45, 7) is 6.14. The van der Waals surface area contributed by atoms with Crippen LogP contribution in [0, 0.1) is 6.92 Å². The first-order valence-corrected chi connectivity index (χ1v) is 7.62. The molecule has 21 heavy (non-hydrogen) atoms. The van der Waals surface area contributed by atoms with E-state index >= 15 is 0 Å². The van der Waals surface area contributed by atoms with E-state index in [9.17, 15) is 0 Å². The quantitative estimate of drug-likeness (QED) is 0.359. The Morgan fingerprint density at radius 3 is 2.90 bits per heavy atom. The molecule has 3 rings (SSSR count). The van der Waals surface area contributed by atoms with Crippen LogP contribution in [0.4, 0.5) is 5.82 Å². The average molecular weight is 292 g/mol. The molecule has 2 aliphatic heterocycles. The summed E-state index contributed by atoms with van der Waals surface area (Å²) < 4.78 is 1.85. The van der Waals surface area contributed by atoms with Crippen molar-refractivity contribution in [3.63, 3.8) is 0 Å². The van der Waals surface area contributed by atoms with Crippen molar-refractivity contribution in [1.29, 1.82) is 0 Å². The lowest BCUT2D eigenvalue weighted by atomic mass is 9.99. The number of oxime groups is 1. The SMILES string of the molecule is Cc1nn(C)c(N2CCN3CCCCC3C2)c1C(N)=NO. The summed E-state index contributed by atoms with van der Waals surface area (Å²) in [4.78, 5) is 4.92. The number of nitrogens with two attached hydrogens (primary N) is 1. The molecule has 116 valence electrons. The number of amidine groups is 1. The number of fused-ring (bicyclic) bond motifs is 1. The first-order chi connectivity index (χ1) is 10.1. The van der Waals surface area contributed by atoms with Gasteiger partial charge in [0, 0.05) is 32.7 Å². The minimum absolute atomic E-state index is 0.140. The normalized spacial score (nSPS) is 24.2. The molecule has 0 aromatic carbocycles. The molecule has 0 radical (unpaired) electrons. The van der Waals surface area contributed by atoms with Crippen LogP contribution in [0.5, 0.6) is 0 Å². The van der Waals surface area contributed by atoms with Gasteiger partial charge in [0.05, 0.1) is 11.3 Å². The Kier molecular flexibility index (Phi) is 3.75. The number of piperazine rings is 1. The smallest absolute Gasteiger partial charge is 0.175 e. The Labute approximate surface area is 125 Å². The number of aromatic nitrogens is 2. The van der Waals surface area contributed by atoms with Crippen molar-refractivity contribution in [2.45, 2.75) is 32.2 Å². The molecule has 1 unspecified atom stereocenters. The zero-order valence-electron chi connectivity index (χ0n) is 12.8. The van der Waals surface area contributed by atoms with Crippen molar-refractivity contribution in [3.8, 4) is 0 Å². The third kappa shape index (κ3) is 2.46. The fourth-order valence-corrected chi connectivity index (χ4v) is 3.71. The summed E-state index contributed by atoms with van der Waals surface area (Å²) in [5.41, 5.74) is 7.41. The molecule has 3 heterocycles. The molecular weight excluding hydrogens is 268 g/mol. The first kappa shape index (κ1) is 14.2. The van der Waals surface area contributed by atoms with Gasteiger partial charge in [0.2, 0.25) is 0 Å². The zero-order valence-corrected chi connectivity index (χ0v) is 12.8. The third-order valence-corrected chi connectivity index (χ3v) is 4.69. The van der Waals surface area contributed by atoms with Crippen LogP contribution in [0.3, 0.4) is 0 Å². The zero-order chi connectivity index (χ0) is 15.0. The van der Waals surface area contributed by atoms with E-state index in [4.69, 9.17) is 10.9 Å². The highest BCUT2D eigenvalue weighted by Crippen LogP contribution is 2.28. The third-order valence-electron chi connectivity index (χ3n) is 4.69. The Morgan fingerprint density at radius 2 is 2.14 bits per heavy atom. The molecule has 2 saturated heterocycles. The number of hydrogen-bond donors (Lipinski definition) is 2. The number of rotatable bonds is 2. The number of anilines is 1. The van der Waals surface area contributed by atoms with E-state index in [0.29, 0.717) is 6.04 Å². The summed E-state index contributed by atoms with van der Waals surface area (Å²) in [5.74, 6) is 1.11. The molecular formula is C14H24N6O. The van der Waals surface area contributed by atoms with Crippen LogP contribution in [0.25, 0.3) is 0 Å². The van der Waals surface area contributed by atoms with E-state index in [1.165, 1.54) is 25.8 Å². The van der Waals surface area contributed by atoms with E-state index in [1.807, 2.05) is 18.7 Å². The number of aryl methyl sites for hydroxylation is 2. The van der Waals surface area contributed by atoms with Gasteiger partial charge in [-0.3, -0.25) is 9.58 Å². The molecule has 2 aliphatic rings. The first-order valence-electron chi connectivity index (χ1n) is 7.62. The van der Waals surface area contributed by atoms with Gasteiger partial charge < -0.3 is 15.8 Å². The van der Waals surface area contributed by atoms with Crippen molar-refractivity contribution in [3.05, 3.63) is 11.3 Å². The Bertz CT molecular complexity index is 552. The van der Waals surface area contributed by atoms with Crippen molar-refractivity contribution in [1.82, 2.24) is 14.7 Å². The highest BCUT2D eigenvalue weighted by atomic mass is 16.4. The van der Waals surface area contributed by atoms with Crippen molar-refractivity contribution in [2.24, 2.45) is 17.9 Å². The van der Waals surface area contributed by atoms with Crippen LogP contribution in [-0.4, -0.2) is 57.9 Å². The van der Waals surface area contributed by atoms with Gasteiger partial charge in [-0.15, -0.1) is 0 Å². The van der Waals surface area contributed by atoms with E-state index in [-0.39, 0.29) is 5.84 Å². The standard InChI is InChI=1S/C14H24N6O/c1-10-12(13(15)17-21)14(18(2)16-10)20-8-7-19-6-4-3-5-11(19)9-20/h11,21H,3-9H2,1-2H3,(H2,15,17). The van der Waals surface area contributed by atoms with Crippen molar-refractivity contribution in [2.75, 3.05) is 31.1 Å². The summed E-state index contributed by atoms with van der Waals surface area (Å²) in [5, 5.41) is 16.7. The van der Waals surface area contributed by atoms with Crippen LogP contribution in [0.15, 0.2) is 5.16 Å². The molecule has 0 spiro atoms. The molecule has 0 bridgehead atoms. The van der Waals surface area contributed by atoms with E-state index < -0.39 is 0 Å². The van der Waals surface area contributed by atoms with Gasteiger partial charge in [0.1, 0.15) is 5.82 Å². The average Bonchev–Trinajstić information content (AvgIpc) is 2.80. The van der Waals surface area contributed by atoms with Gasteiger partial charge in [-0.2, -0.15) is 5.10 Å². The minimum atomic E-state index is 0.140. The molecule has 0 saturated carbocycles. The summed E-state index contributed by atoms with van der Waals surface area (Å²) in [6.07, 6.45) is 3.88. The number of nitrogens with zero attached hydrogens (tertiary/aromatic N) is 5. The Hall–Kier alpha value is -1.76. The second-order valence-electron chi connectivity index (χ2n) is 6.02. The molecule has 0 aliphatic carbocycles. The topological polar surface area (TPSA) is 82.9 Å². The van der Waals surface area contributed by atoms with E-state index in [0.717, 1.165) is 36.7 Å². The monoisotopic (exact) mass is 292 g/mol. The summed E-state index contributed by atoms with van der Waals surface area (Å²) in [6, 6.07) is 0.614. The molecule has 7 nitrogen and oxygen atoms in total. The molecule has 1 aromatic rings. The second-order valence-corrected chi connectivity index (χ2v) is 6.02. The predicted molar refractivity (Wildman–Crippen MR) is 81.9 cm³/mol. The lowest BCUT2D eigenvalue weighted by Gasteiger charge is -2.44. The summed E-state index contributed by atoms with van der Waals surface area (Å²) >= 11 is 0. The van der Waals surface area contributed by atoms with Crippen molar-refractivity contribution >= 4 is 11.7 Å². The van der Waals surface area contributed by atoms with Crippen LogP contribution in [0.2, 0.25) is 0 Å². The lowest BCUT2D eigenvalue weighted by molar-refractivity contribution is 0.133. The largest absolute Gasteiger partial charge is 0.409 e. The fourth-order valence-electron chi connectivity index (χ4n) is 3.71. The minimum Gasteiger partial charge on any atom is -0.409 e. The van der Waals surface area contributed by atoms with Crippen LogP contribution < -0.4 is 10.6 Å². The number of piperidine rings is 1. The van der Waals surface area contributed by atoms with Crippen LogP contribution >= 0.6 is 0 Å². The molecule has 7 heteroatoms. The highest BCUT2D eigenvalue weighted by molar-refractivity contribution is 6.02. The molecule has 2 fully saturated rings. The maximum atomic E-state index is 9.03. The summed E-state index contributed by atoms with van der Waals surface area (Å²) in [7, 11) is 1.92. The van der Waals surface area contributed by atoms with Gasteiger partial charge in [0.25, 0.3) is 0 Å². The molecule has 0 amide bonds. The lowest BCUT2D eigenvalue weighted by Crippen LogP contribution is -2.55. The maximum Gasteiger partial charge on any atom is 0.175 e. The molecule has 1 atom stereocenters. The Balaban J connectivity index is 1.90. The highest BCUT2D eigenvalue weighted by Gasteiger charge is 2.32. The van der Waals surface area contributed by atoms with Crippen LogP contribution in [0.1, 0.15) is 30.5 Å². The predicted octanol–water partition coefficient (Wildman–Crippen LogP) is 0.498. The Morgan fingerprint density at radius 1 is 1.33 bits per heavy atom. The molecule has 1 aromatic heterocycles. The van der Waals surface area contributed by atoms with Gasteiger partial charge >= 0.3 is 0 Å². The van der Waals surface area contributed by atoms with Gasteiger partial charge in [-0.25, -0.2) is 0 Å². The van der Waals surface area contributed by atoms with E-state index in [2.05, 4.69) is 20.1 Å². The van der Waals surface area contributed by atoms with Gasteiger partial charge in [-0.1, -0.05) is 11.6 Å². The van der Waals surface area contributed by atoms with Gasteiger partial charge in [-0.05, 0) is 26.3 Å². The number of hydrogen-bond acceptors (Lipinski definition) is 5. The maximum absolute atomic E-state index is 9.03. The second kappa shape index (κ2) is 5.55. The fraction of sp³-hybridized carbons (Fsp3) is 0.714. The molecule has 3 N–H and O–H groups in total. The van der Waals surface area contributed by atoms with Gasteiger partial charge in [0.15, 0.2) is 5.84 Å².